The van der Waals surface area contributed by atoms with Crippen molar-refractivity contribution in [3.8, 4) is 17.2 Å². The summed E-state index contributed by atoms with van der Waals surface area (Å²) < 4.78 is 31.1. The molecule has 9 nitrogen and oxygen atoms in total. The fraction of sp³-hybridized carbons (Fsp3) is 0.133. The van der Waals surface area contributed by atoms with E-state index in [2.05, 4.69) is 15.6 Å². The highest BCUT2D eigenvalue weighted by atomic mass is 19.1. The zero-order valence-electron chi connectivity index (χ0n) is 21.1. The minimum absolute atomic E-state index is 0.0511. The average Bonchev–Trinajstić information content (AvgIpc) is 3.77. The number of aromatic nitrogens is 1. The van der Waals surface area contributed by atoms with E-state index in [0.717, 1.165) is 11.6 Å². The van der Waals surface area contributed by atoms with Gasteiger partial charge in [-0.2, -0.15) is 0 Å². The molecule has 1 heterocycles. The van der Waals surface area contributed by atoms with Crippen LogP contribution in [0.4, 0.5) is 20.7 Å². The molecule has 0 bridgehead atoms. The lowest BCUT2D eigenvalue weighted by molar-refractivity contribution is -0.154. The van der Waals surface area contributed by atoms with E-state index >= 15 is 0 Å². The molecule has 40 heavy (non-hydrogen) atoms. The van der Waals surface area contributed by atoms with Gasteiger partial charge >= 0.3 is 12.1 Å². The van der Waals surface area contributed by atoms with Crippen LogP contribution in [-0.2, 0) is 20.9 Å². The highest BCUT2D eigenvalue weighted by molar-refractivity contribution is 6.11. The fourth-order valence-electron chi connectivity index (χ4n) is 3.82. The first kappa shape index (κ1) is 26.4. The number of nitrogens with zero attached hydrogens (tertiary/aromatic N) is 1. The third kappa shape index (κ3) is 6.41. The maximum atomic E-state index is 14.9. The van der Waals surface area contributed by atoms with E-state index in [9.17, 15) is 18.8 Å². The van der Waals surface area contributed by atoms with E-state index in [1.54, 1.807) is 30.3 Å². The number of carbonyl (C=O) groups excluding carboxylic acids is 3. The van der Waals surface area contributed by atoms with Gasteiger partial charge in [0, 0.05) is 18.3 Å². The average molecular weight is 542 g/mol. The Labute approximate surface area is 228 Å². The fourth-order valence-corrected chi connectivity index (χ4v) is 3.82. The van der Waals surface area contributed by atoms with Crippen LogP contribution < -0.4 is 20.1 Å². The normalized spacial score (nSPS) is 13.0. The van der Waals surface area contributed by atoms with Crippen LogP contribution in [-0.4, -0.2) is 23.0 Å². The number of pyridine rings is 1. The molecule has 10 heteroatoms. The summed E-state index contributed by atoms with van der Waals surface area (Å²) in [5.41, 5.74) is -0.614. The lowest BCUT2D eigenvalue weighted by Crippen LogP contribution is -2.33. The van der Waals surface area contributed by atoms with Crippen molar-refractivity contribution in [2.75, 3.05) is 10.6 Å². The number of halogens is 1. The van der Waals surface area contributed by atoms with Gasteiger partial charge in [0.1, 0.15) is 40.9 Å². The van der Waals surface area contributed by atoms with Gasteiger partial charge in [-0.1, -0.05) is 48.5 Å². The van der Waals surface area contributed by atoms with Gasteiger partial charge in [-0.25, -0.2) is 14.2 Å². The molecule has 0 aliphatic heterocycles. The summed E-state index contributed by atoms with van der Waals surface area (Å²) in [7, 11) is 0. The third-order valence-corrected chi connectivity index (χ3v) is 6.13. The Morgan fingerprint density at radius 1 is 0.825 bits per heavy atom. The molecule has 1 aromatic heterocycles. The number of hydrogen-bond donors (Lipinski definition) is 2. The third-order valence-electron chi connectivity index (χ3n) is 6.13. The zero-order chi connectivity index (χ0) is 28.0. The first-order chi connectivity index (χ1) is 19.4. The number of amides is 2. The SMILES string of the molecule is O=C(Nc1cc(Oc2ccc(NC(=O)C3(C(=O)OCc4ccccc4)CC3)c(F)c2)ccn1)Oc1ccccc1. The van der Waals surface area contributed by atoms with Crippen LogP contribution in [0.5, 0.6) is 17.2 Å². The standard InChI is InChI=1S/C30H24FN3O6/c31-24-17-22(39-23-13-16-32-26(18-23)34-29(37)40-21-9-5-2-6-10-21)11-12-25(24)33-27(35)30(14-15-30)28(36)38-19-20-7-3-1-4-8-20/h1-13,16-18H,14-15,19H2,(H,33,35)(H,32,34,37). The molecule has 2 amide bonds. The van der Waals surface area contributed by atoms with Crippen molar-refractivity contribution in [3.63, 3.8) is 0 Å². The Morgan fingerprint density at radius 2 is 1.52 bits per heavy atom. The number of ether oxygens (including phenoxy) is 3. The Hall–Kier alpha value is -5.25. The van der Waals surface area contributed by atoms with Crippen molar-refractivity contribution in [1.82, 2.24) is 4.98 Å². The number of hydrogen-bond acceptors (Lipinski definition) is 7. The van der Waals surface area contributed by atoms with E-state index in [1.807, 2.05) is 30.3 Å². The molecule has 4 aromatic rings. The second-order valence-corrected chi connectivity index (χ2v) is 9.05. The molecule has 2 N–H and O–H groups in total. The van der Waals surface area contributed by atoms with Gasteiger partial charge < -0.3 is 19.5 Å². The van der Waals surface area contributed by atoms with Gasteiger partial charge in [0.2, 0.25) is 5.91 Å². The number of benzene rings is 3. The van der Waals surface area contributed by atoms with Crippen molar-refractivity contribution in [2.24, 2.45) is 5.41 Å². The zero-order valence-corrected chi connectivity index (χ0v) is 21.1. The smallest absolute Gasteiger partial charge is 0.418 e. The molecule has 0 unspecified atom stereocenters. The largest absolute Gasteiger partial charge is 0.460 e. The van der Waals surface area contributed by atoms with Crippen molar-refractivity contribution in [2.45, 2.75) is 19.4 Å². The van der Waals surface area contributed by atoms with Crippen molar-refractivity contribution < 1.29 is 33.0 Å². The van der Waals surface area contributed by atoms with Gasteiger partial charge in [-0.05, 0) is 48.7 Å². The van der Waals surface area contributed by atoms with Crippen LogP contribution in [0.2, 0.25) is 0 Å². The van der Waals surface area contributed by atoms with Crippen LogP contribution >= 0.6 is 0 Å². The molecule has 202 valence electrons. The van der Waals surface area contributed by atoms with Gasteiger partial charge in [0.15, 0.2) is 0 Å². The number of nitrogens with one attached hydrogen (secondary N) is 2. The van der Waals surface area contributed by atoms with Crippen LogP contribution in [0, 0.1) is 11.2 Å². The second-order valence-electron chi connectivity index (χ2n) is 9.05. The summed E-state index contributed by atoms with van der Waals surface area (Å²) in [6.45, 7) is 0.0511. The molecule has 0 radical (unpaired) electrons. The Morgan fingerprint density at radius 3 is 2.23 bits per heavy atom. The molecule has 3 aromatic carbocycles. The molecule has 0 saturated heterocycles. The van der Waals surface area contributed by atoms with Crippen LogP contribution in [0.15, 0.2) is 97.2 Å². The van der Waals surface area contributed by atoms with Gasteiger partial charge in [-0.15, -0.1) is 0 Å². The lowest BCUT2D eigenvalue weighted by atomic mass is 10.1. The number of anilines is 2. The summed E-state index contributed by atoms with van der Waals surface area (Å²) in [6.07, 6.45) is 1.32. The monoisotopic (exact) mass is 541 g/mol. The Balaban J connectivity index is 1.17. The van der Waals surface area contributed by atoms with Crippen LogP contribution in [0.3, 0.4) is 0 Å². The highest BCUT2D eigenvalue weighted by Gasteiger charge is 2.58. The van der Waals surface area contributed by atoms with Gasteiger partial charge in [0.25, 0.3) is 0 Å². The summed E-state index contributed by atoms with van der Waals surface area (Å²) in [5.74, 6) is -1.06. The van der Waals surface area contributed by atoms with Crippen molar-refractivity contribution in [3.05, 3.63) is 109 Å². The molecular formula is C30H24FN3O6. The van der Waals surface area contributed by atoms with Crippen molar-refractivity contribution >= 4 is 29.5 Å². The van der Waals surface area contributed by atoms with Gasteiger partial charge in [0.05, 0.1) is 5.69 Å². The lowest BCUT2D eigenvalue weighted by Gasteiger charge is -2.15. The number of esters is 1. The Bertz CT molecular complexity index is 1530. The topological polar surface area (TPSA) is 116 Å². The predicted octanol–water partition coefficient (Wildman–Crippen LogP) is 6.09. The van der Waals surface area contributed by atoms with Crippen LogP contribution in [0.25, 0.3) is 0 Å². The molecule has 5 rings (SSSR count). The second kappa shape index (κ2) is 11.6. The van der Waals surface area contributed by atoms with E-state index in [0.29, 0.717) is 18.6 Å². The highest BCUT2D eigenvalue weighted by Crippen LogP contribution is 2.48. The van der Waals surface area contributed by atoms with E-state index in [-0.39, 0.29) is 29.6 Å². The Kier molecular flexibility index (Phi) is 7.68. The minimum atomic E-state index is -1.32. The maximum Gasteiger partial charge on any atom is 0.418 e. The first-order valence-electron chi connectivity index (χ1n) is 12.4. The molecule has 0 spiro atoms. The number of para-hydroxylation sites is 1. The van der Waals surface area contributed by atoms with E-state index in [4.69, 9.17) is 14.2 Å². The summed E-state index contributed by atoms with van der Waals surface area (Å²) in [5, 5.41) is 4.99. The molecular weight excluding hydrogens is 517 g/mol. The quantitative estimate of drug-likeness (QED) is 0.195. The summed E-state index contributed by atoms with van der Waals surface area (Å²) in [6, 6.07) is 24.5. The van der Waals surface area contributed by atoms with Crippen LogP contribution in [0.1, 0.15) is 18.4 Å². The number of carbonyl (C=O) groups is 3. The van der Waals surface area contributed by atoms with Crippen molar-refractivity contribution in [1.29, 1.82) is 0 Å². The number of rotatable bonds is 9. The molecule has 0 atom stereocenters. The predicted molar refractivity (Wildman–Crippen MR) is 143 cm³/mol. The molecule has 1 aliphatic carbocycles. The molecule has 1 aliphatic rings. The molecule has 1 saturated carbocycles. The minimum Gasteiger partial charge on any atom is -0.460 e. The molecule has 1 fully saturated rings. The van der Waals surface area contributed by atoms with Gasteiger partial charge in [-0.3, -0.25) is 14.9 Å². The summed E-state index contributed by atoms with van der Waals surface area (Å²) >= 11 is 0. The first-order valence-corrected chi connectivity index (χ1v) is 12.4. The van der Waals surface area contributed by atoms with E-state index < -0.39 is 29.2 Å². The summed E-state index contributed by atoms with van der Waals surface area (Å²) in [4.78, 5) is 41.6. The van der Waals surface area contributed by atoms with E-state index in [1.165, 1.54) is 30.5 Å². The maximum absolute atomic E-state index is 14.9.